The van der Waals surface area contributed by atoms with Gasteiger partial charge in [-0.2, -0.15) is 0 Å². The van der Waals surface area contributed by atoms with Crippen molar-refractivity contribution < 1.29 is 75.7 Å². The van der Waals surface area contributed by atoms with Gasteiger partial charge >= 0.3 is 11.9 Å². The highest BCUT2D eigenvalue weighted by atomic mass is 32.2. The van der Waals surface area contributed by atoms with E-state index >= 15 is 0 Å². The average molecular weight is 1400 g/mol. The molecule has 18 nitrogen and oxygen atoms in total. The minimum atomic E-state index is -0.877. The highest BCUT2D eigenvalue weighted by molar-refractivity contribution is 8.13. The van der Waals surface area contributed by atoms with Crippen molar-refractivity contribution >= 4 is 86.8 Å². The molecule has 0 aliphatic rings. The Kier molecular flexibility index (Phi) is 35.9. The van der Waals surface area contributed by atoms with Crippen LogP contribution >= 0.6 is 35.3 Å². The standard InChI is InChI=1S/C24H28FNO5S.C22H26FNO4S.C13H7F2NO3.C13H24O3S/c1-4-6-12-24(5-2,15-31-17(3)27)16-32-22-11-10-19(25)14-21(22)23(28)18-8-7-9-20(13-18)26(29)30;1-3-5-11-22(4-2,14-25)15-29-20-10-9-17(23)13-19(20)21(26)16-7-6-8-18(12-16)24(27)28;14-9-4-5-12(15)11(7-9)13(17)8-2-1-3-10(6-8)16(18)19;1-5-7-8-13(6-2,9-16-11(3)14)10-17-12(4)15/h7-11,13-14H,4-6,12,15-16H2,1-3H3;6-10,12-13,25H,3-5,11,14-15H2,1-2H3;1-7H;5-10H2,1-4H3. The number of carbonyl (C=O) groups excluding carboxylic acids is 6. The van der Waals surface area contributed by atoms with E-state index in [2.05, 4.69) is 27.7 Å². The number of aliphatic hydroxyl groups excluding tert-OH is 1. The zero-order chi connectivity index (χ0) is 72.5. The van der Waals surface area contributed by atoms with Crippen LogP contribution in [0.1, 0.15) is 187 Å². The number of halogens is 4. The first-order valence-corrected chi connectivity index (χ1v) is 34.6. The number of aliphatic hydroxyl groups is 1. The maximum atomic E-state index is 14.0. The molecule has 0 amide bonds. The van der Waals surface area contributed by atoms with E-state index < -0.39 is 61.0 Å². The second-order valence-electron chi connectivity index (χ2n) is 23.3. The average Bonchev–Trinajstić information content (AvgIpc) is 0.846. The minimum Gasteiger partial charge on any atom is -0.465 e. The number of benzene rings is 6. The Morgan fingerprint density at radius 3 is 1.11 bits per heavy atom. The van der Waals surface area contributed by atoms with Crippen LogP contribution in [-0.4, -0.2) is 91.4 Å². The van der Waals surface area contributed by atoms with Crippen molar-refractivity contribution in [2.45, 2.75) is 149 Å². The second kappa shape index (κ2) is 41.9. The highest BCUT2D eigenvalue weighted by Crippen LogP contribution is 2.40. The quantitative estimate of drug-likeness (QED) is 0.00982. The summed E-state index contributed by atoms with van der Waals surface area (Å²) >= 11 is 4.16. The molecule has 524 valence electrons. The Bertz CT molecular complexity index is 3650. The first-order chi connectivity index (χ1) is 46.0. The molecular weight excluding hydrogens is 1320 g/mol. The maximum absolute atomic E-state index is 14.0. The summed E-state index contributed by atoms with van der Waals surface area (Å²) in [5.74, 6) is -3.14. The number of unbranched alkanes of at least 4 members (excludes halogenated alkanes) is 3. The third-order valence-corrected chi connectivity index (χ3v) is 20.1. The minimum absolute atomic E-state index is 0.0436. The van der Waals surface area contributed by atoms with E-state index in [0.29, 0.717) is 27.9 Å². The zero-order valence-electron chi connectivity index (χ0n) is 56.1. The molecule has 0 radical (unpaired) electrons. The second-order valence-corrected chi connectivity index (χ2v) is 26.4. The third-order valence-electron chi connectivity index (χ3n) is 16.1. The van der Waals surface area contributed by atoms with Gasteiger partial charge in [0.25, 0.3) is 17.1 Å². The van der Waals surface area contributed by atoms with Crippen molar-refractivity contribution in [3.05, 3.63) is 214 Å². The molecule has 6 rings (SSSR count). The molecule has 3 atom stereocenters. The van der Waals surface area contributed by atoms with Crippen molar-refractivity contribution in [2.75, 3.05) is 37.1 Å². The van der Waals surface area contributed by atoms with Gasteiger partial charge in [-0.1, -0.05) is 128 Å². The van der Waals surface area contributed by atoms with Gasteiger partial charge in [-0.3, -0.25) is 59.1 Å². The van der Waals surface area contributed by atoms with Gasteiger partial charge < -0.3 is 14.6 Å². The molecule has 6 aromatic rings. The summed E-state index contributed by atoms with van der Waals surface area (Å²) in [6.07, 6.45) is 11.5. The van der Waals surface area contributed by atoms with Crippen molar-refractivity contribution in [3.8, 4) is 0 Å². The van der Waals surface area contributed by atoms with Gasteiger partial charge in [-0.15, -0.1) is 23.5 Å². The molecule has 0 bridgehead atoms. The van der Waals surface area contributed by atoms with E-state index in [1.807, 2.05) is 13.8 Å². The summed E-state index contributed by atoms with van der Waals surface area (Å²) in [6, 6.07) is 26.2. The number of thioether (sulfide) groups is 3. The number of ether oxygens (including phenoxy) is 2. The van der Waals surface area contributed by atoms with Crippen LogP contribution in [0.3, 0.4) is 0 Å². The molecular formula is C72H85F4N3O15S3. The zero-order valence-corrected chi connectivity index (χ0v) is 58.5. The van der Waals surface area contributed by atoms with E-state index in [-0.39, 0.29) is 91.4 Å². The highest BCUT2D eigenvalue weighted by Gasteiger charge is 2.33. The van der Waals surface area contributed by atoms with Crippen LogP contribution in [0.15, 0.2) is 137 Å². The molecule has 6 aromatic carbocycles. The van der Waals surface area contributed by atoms with Crippen LogP contribution < -0.4 is 0 Å². The molecule has 3 unspecified atom stereocenters. The van der Waals surface area contributed by atoms with Gasteiger partial charge in [-0.25, -0.2) is 17.6 Å². The Balaban J connectivity index is 0.000000348. The lowest BCUT2D eigenvalue weighted by Gasteiger charge is -2.32. The monoisotopic (exact) mass is 1400 g/mol. The molecule has 0 saturated carbocycles. The van der Waals surface area contributed by atoms with E-state index in [0.717, 1.165) is 113 Å². The number of non-ortho nitro benzene ring substituents is 3. The number of rotatable bonds is 34. The molecule has 0 heterocycles. The Morgan fingerprint density at radius 2 is 0.784 bits per heavy atom. The summed E-state index contributed by atoms with van der Waals surface area (Å²) in [7, 11) is 0. The van der Waals surface area contributed by atoms with Crippen LogP contribution in [-0.2, 0) is 23.9 Å². The van der Waals surface area contributed by atoms with Gasteiger partial charge in [-0.05, 0) is 93.1 Å². The number of nitro groups is 3. The van der Waals surface area contributed by atoms with Crippen molar-refractivity contribution in [3.63, 3.8) is 0 Å². The Morgan fingerprint density at radius 1 is 0.454 bits per heavy atom. The summed E-state index contributed by atoms with van der Waals surface area (Å²) < 4.78 is 64.9. The first-order valence-electron chi connectivity index (χ1n) is 31.7. The van der Waals surface area contributed by atoms with Crippen molar-refractivity contribution in [1.29, 1.82) is 0 Å². The number of carbonyl (C=O) groups is 6. The number of ketones is 3. The van der Waals surface area contributed by atoms with E-state index in [4.69, 9.17) is 9.47 Å². The predicted octanol–water partition coefficient (Wildman–Crippen LogP) is 18.4. The van der Waals surface area contributed by atoms with Gasteiger partial charge in [0.1, 0.15) is 23.3 Å². The van der Waals surface area contributed by atoms with Crippen LogP contribution in [0.2, 0.25) is 0 Å². The maximum Gasteiger partial charge on any atom is 0.302 e. The number of nitrogens with zero attached hydrogens (tertiary/aromatic N) is 3. The summed E-state index contributed by atoms with van der Waals surface area (Å²) in [6.45, 7) is 17.6. The summed E-state index contributed by atoms with van der Waals surface area (Å²) in [5, 5.41) is 42.8. The number of nitro benzene ring substituents is 3. The molecule has 0 fully saturated rings. The number of hydrogen-bond acceptors (Lipinski definition) is 18. The van der Waals surface area contributed by atoms with Crippen LogP contribution in [0.25, 0.3) is 0 Å². The Hall–Kier alpha value is -8.13. The molecule has 1 N–H and O–H groups in total. The van der Waals surface area contributed by atoms with Gasteiger partial charge in [0.05, 0.1) is 33.5 Å². The van der Waals surface area contributed by atoms with Crippen LogP contribution in [0.5, 0.6) is 0 Å². The van der Waals surface area contributed by atoms with Crippen LogP contribution in [0, 0.1) is 69.9 Å². The fourth-order valence-electron chi connectivity index (χ4n) is 9.63. The lowest BCUT2D eigenvalue weighted by Crippen LogP contribution is -2.30. The molecule has 0 aliphatic carbocycles. The lowest BCUT2D eigenvalue weighted by atomic mass is 9.83. The van der Waals surface area contributed by atoms with Crippen LogP contribution in [0.4, 0.5) is 34.6 Å². The molecule has 0 saturated heterocycles. The van der Waals surface area contributed by atoms with Crippen molar-refractivity contribution in [2.24, 2.45) is 16.2 Å². The topological polar surface area (TPSA) is 271 Å². The Labute approximate surface area is 576 Å². The molecule has 25 heteroatoms. The lowest BCUT2D eigenvalue weighted by molar-refractivity contribution is -0.385. The van der Waals surface area contributed by atoms with Gasteiger partial charge in [0, 0.05) is 135 Å². The number of esters is 2. The van der Waals surface area contributed by atoms with E-state index in [9.17, 15) is 81.8 Å². The SMILES string of the molecule is CCCCC(CC)(CO)CSc1ccc(F)cc1C(=O)c1cccc([N+](=O)[O-])c1.CCCCC(CC)(COC(C)=O)CSC(C)=O.CCCCC(CC)(COC(C)=O)CSc1ccc(F)cc1C(=O)c1cccc([N+](=O)[O-])c1.O=C(c1cccc([N+](=O)[O-])c1)c1cc(F)ccc1F. The molecule has 0 aliphatic heterocycles. The number of hydrogen-bond donors (Lipinski definition) is 1. The van der Waals surface area contributed by atoms with E-state index in [1.165, 1.54) is 134 Å². The largest absolute Gasteiger partial charge is 0.465 e. The van der Waals surface area contributed by atoms with E-state index in [1.54, 1.807) is 19.1 Å². The van der Waals surface area contributed by atoms with Gasteiger partial charge in [0.2, 0.25) is 0 Å². The summed E-state index contributed by atoms with van der Waals surface area (Å²) in [5.41, 5.74) is -1.19. The molecule has 0 spiro atoms. The predicted molar refractivity (Wildman–Crippen MR) is 370 cm³/mol. The van der Waals surface area contributed by atoms with Crippen molar-refractivity contribution in [1.82, 2.24) is 0 Å². The fourth-order valence-corrected chi connectivity index (χ4v) is 13.3. The normalized spacial score (nSPS) is 12.6. The summed E-state index contributed by atoms with van der Waals surface area (Å²) in [4.78, 5) is 103. The van der Waals surface area contributed by atoms with Gasteiger partial charge in [0.15, 0.2) is 22.5 Å². The first kappa shape index (κ1) is 83.1. The smallest absolute Gasteiger partial charge is 0.302 e. The molecule has 97 heavy (non-hydrogen) atoms. The fraction of sp³-hybridized carbons (Fsp3) is 0.417. The molecule has 0 aromatic heterocycles. The third kappa shape index (κ3) is 27.4.